The third-order valence-corrected chi connectivity index (χ3v) is 5.10. The van der Waals surface area contributed by atoms with E-state index < -0.39 is 16.9 Å². The molecule has 1 aliphatic carbocycles. The van der Waals surface area contributed by atoms with Gasteiger partial charge in [0.05, 0.1) is 10.5 Å². The van der Waals surface area contributed by atoms with Crippen molar-refractivity contribution in [2.45, 2.75) is 31.3 Å². The molecule has 1 atom stereocenters. The number of carbonyl (C=O) groups excluding carboxylic acids is 2. The van der Waals surface area contributed by atoms with Crippen LogP contribution < -0.4 is 10.6 Å². The van der Waals surface area contributed by atoms with Crippen molar-refractivity contribution < 1.29 is 14.5 Å². The molecule has 2 aromatic rings. The van der Waals surface area contributed by atoms with Crippen LogP contribution in [0.5, 0.6) is 0 Å². The number of rotatable bonds is 6. The Bertz CT molecular complexity index is 894. The number of halogens is 1. The van der Waals surface area contributed by atoms with E-state index in [2.05, 4.69) is 26.6 Å². The summed E-state index contributed by atoms with van der Waals surface area (Å²) < 4.78 is 0.964. The van der Waals surface area contributed by atoms with Gasteiger partial charge in [-0.25, -0.2) is 0 Å². The number of benzene rings is 2. The largest absolute Gasteiger partial charge is 0.345 e. The van der Waals surface area contributed by atoms with E-state index in [0.717, 1.165) is 22.9 Å². The molecule has 0 aliphatic heterocycles. The van der Waals surface area contributed by atoms with E-state index in [1.807, 2.05) is 24.3 Å². The molecule has 3 rings (SSSR count). The molecule has 0 heterocycles. The lowest BCUT2D eigenvalue weighted by Crippen LogP contribution is -2.48. The number of non-ortho nitro benzene ring substituents is 1. The Morgan fingerprint density at radius 1 is 1.19 bits per heavy atom. The third-order valence-electron chi connectivity index (χ3n) is 4.57. The lowest BCUT2D eigenvalue weighted by Gasteiger charge is -2.21. The van der Waals surface area contributed by atoms with Gasteiger partial charge >= 0.3 is 0 Å². The fourth-order valence-electron chi connectivity index (χ4n) is 2.83. The van der Waals surface area contributed by atoms with Crippen LogP contribution in [0.25, 0.3) is 0 Å². The number of hydrogen-bond donors (Lipinski definition) is 2. The van der Waals surface area contributed by atoms with Crippen molar-refractivity contribution in [1.82, 2.24) is 10.6 Å². The van der Waals surface area contributed by atoms with Gasteiger partial charge in [0.25, 0.3) is 11.6 Å². The van der Waals surface area contributed by atoms with Crippen molar-refractivity contribution in [2.75, 3.05) is 0 Å². The summed E-state index contributed by atoms with van der Waals surface area (Å²) in [6.07, 6.45) is 1.68. The maximum Gasteiger partial charge on any atom is 0.270 e. The zero-order chi connectivity index (χ0) is 19.6. The summed E-state index contributed by atoms with van der Waals surface area (Å²) in [5, 5.41) is 16.4. The number of hydrogen-bond acceptors (Lipinski definition) is 4. The molecule has 2 N–H and O–H groups in total. The summed E-state index contributed by atoms with van der Waals surface area (Å²) in [7, 11) is 0. The molecule has 0 spiro atoms. The molecule has 1 saturated carbocycles. The molecule has 1 unspecified atom stereocenters. The number of nitro groups is 1. The van der Waals surface area contributed by atoms with Gasteiger partial charge < -0.3 is 10.6 Å². The molecule has 2 amide bonds. The molecule has 0 aromatic heterocycles. The molecule has 1 aliphatic rings. The third kappa shape index (κ3) is 4.33. The first-order chi connectivity index (χ1) is 12.8. The van der Waals surface area contributed by atoms with E-state index in [1.165, 1.54) is 24.3 Å². The molecule has 140 valence electrons. The van der Waals surface area contributed by atoms with Gasteiger partial charge in [-0.2, -0.15) is 0 Å². The van der Waals surface area contributed by atoms with Crippen LogP contribution in [0.3, 0.4) is 0 Å². The molecule has 1 fully saturated rings. The van der Waals surface area contributed by atoms with Crippen LogP contribution in [0.1, 0.15) is 35.7 Å². The van der Waals surface area contributed by atoms with Gasteiger partial charge in [0, 0.05) is 22.2 Å². The summed E-state index contributed by atoms with van der Waals surface area (Å²) >= 11 is 3.39. The fourth-order valence-corrected chi connectivity index (χ4v) is 3.09. The zero-order valence-corrected chi connectivity index (χ0v) is 16.2. The summed E-state index contributed by atoms with van der Waals surface area (Å²) in [6.45, 7) is 1.59. The van der Waals surface area contributed by atoms with Gasteiger partial charge in [-0.1, -0.05) is 34.1 Å². The van der Waals surface area contributed by atoms with Crippen LogP contribution in [-0.4, -0.2) is 22.8 Å². The average Bonchev–Trinajstić information content (AvgIpc) is 3.42. The molecule has 0 saturated heterocycles. The first kappa shape index (κ1) is 19.0. The second-order valence-corrected chi connectivity index (χ2v) is 7.50. The van der Waals surface area contributed by atoms with Gasteiger partial charge in [0.2, 0.25) is 5.91 Å². The Balaban J connectivity index is 1.64. The molecule has 0 radical (unpaired) electrons. The monoisotopic (exact) mass is 431 g/mol. The molecule has 8 heteroatoms. The topological polar surface area (TPSA) is 101 Å². The zero-order valence-electron chi connectivity index (χ0n) is 14.6. The van der Waals surface area contributed by atoms with Crippen molar-refractivity contribution in [1.29, 1.82) is 0 Å². The molecular weight excluding hydrogens is 414 g/mol. The van der Waals surface area contributed by atoms with Crippen LogP contribution >= 0.6 is 15.9 Å². The van der Waals surface area contributed by atoms with Gasteiger partial charge in [0.1, 0.15) is 6.04 Å². The average molecular weight is 432 g/mol. The number of amides is 2. The number of nitro benzene ring substituents is 1. The smallest absolute Gasteiger partial charge is 0.270 e. The van der Waals surface area contributed by atoms with Crippen LogP contribution in [0, 0.1) is 10.1 Å². The summed E-state index contributed by atoms with van der Waals surface area (Å²) in [4.78, 5) is 35.1. The minimum atomic E-state index is -0.773. The fraction of sp³-hybridized carbons (Fsp3) is 0.263. The van der Waals surface area contributed by atoms with E-state index in [0.29, 0.717) is 0 Å². The van der Waals surface area contributed by atoms with Gasteiger partial charge in [0.15, 0.2) is 0 Å². The van der Waals surface area contributed by atoms with Gasteiger partial charge in [-0.05, 0) is 43.5 Å². The second-order valence-electron chi connectivity index (χ2n) is 6.58. The highest BCUT2D eigenvalue weighted by atomic mass is 79.9. The van der Waals surface area contributed by atoms with E-state index in [1.54, 1.807) is 6.92 Å². The highest BCUT2D eigenvalue weighted by Crippen LogP contribution is 2.45. The molecule has 27 heavy (non-hydrogen) atoms. The van der Waals surface area contributed by atoms with Crippen molar-refractivity contribution in [3.63, 3.8) is 0 Å². The van der Waals surface area contributed by atoms with Crippen LogP contribution in [0.2, 0.25) is 0 Å². The lowest BCUT2D eigenvalue weighted by molar-refractivity contribution is -0.384. The Labute approximate surface area is 164 Å². The molecular formula is C19H18BrN3O4. The first-order valence-electron chi connectivity index (χ1n) is 8.44. The molecule has 0 bridgehead atoms. The maximum atomic E-state index is 12.5. The van der Waals surface area contributed by atoms with Crippen molar-refractivity contribution in [2.24, 2.45) is 0 Å². The number of nitrogens with zero attached hydrogens (tertiary/aromatic N) is 1. The predicted octanol–water partition coefficient (Wildman–Crippen LogP) is 3.28. The highest BCUT2D eigenvalue weighted by molar-refractivity contribution is 9.10. The van der Waals surface area contributed by atoms with E-state index in [9.17, 15) is 19.7 Å². The number of carbonyl (C=O) groups is 2. The molecule has 7 nitrogen and oxygen atoms in total. The van der Waals surface area contributed by atoms with Crippen molar-refractivity contribution in [3.05, 3.63) is 74.2 Å². The second kappa shape index (κ2) is 7.48. The Morgan fingerprint density at radius 2 is 1.85 bits per heavy atom. The van der Waals surface area contributed by atoms with E-state index in [-0.39, 0.29) is 22.7 Å². The lowest BCUT2D eigenvalue weighted by atomic mass is 10.0. The normalized spacial score (nSPS) is 15.5. The summed E-state index contributed by atoms with van der Waals surface area (Å²) in [6, 6.07) is 12.4. The van der Waals surface area contributed by atoms with Crippen molar-refractivity contribution in [3.8, 4) is 0 Å². The van der Waals surface area contributed by atoms with Crippen LogP contribution in [0.4, 0.5) is 5.69 Å². The van der Waals surface area contributed by atoms with Crippen molar-refractivity contribution >= 4 is 33.4 Å². The van der Waals surface area contributed by atoms with Crippen LogP contribution in [-0.2, 0) is 10.3 Å². The SMILES string of the molecule is CC(NC(=O)c1cccc([N+](=O)[O-])c1)C(=O)NC1(c2ccc(Br)cc2)CC1. The minimum absolute atomic E-state index is 0.137. The first-order valence-corrected chi connectivity index (χ1v) is 9.23. The Morgan fingerprint density at radius 3 is 2.44 bits per heavy atom. The number of nitrogens with one attached hydrogen (secondary N) is 2. The predicted molar refractivity (Wildman–Crippen MR) is 103 cm³/mol. The highest BCUT2D eigenvalue weighted by Gasteiger charge is 2.46. The van der Waals surface area contributed by atoms with Crippen LogP contribution in [0.15, 0.2) is 53.0 Å². The van der Waals surface area contributed by atoms with E-state index in [4.69, 9.17) is 0 Å². The summed E-state index contributed by atoms with van der Waals surface area (Å²) in [5.74, 6) is -0.830. The van der Waals surface area contributed by atoms with E-state index >= 15 is 0 Å². The Kier molecular flexibility index (Phi) is 5.27. The Hall–Kier alpha value is -2.74. The van der Waals surface area contributed by atoms with Gasteiger partial charge in [-0.15, -0.1) is 0 Å². The summed E-state index contributed by atoms with van der Waals surface area (Å²) in [5.41, 5.74) is 0.601. The molecule has 2 aromatic carbocycles. The minimum Gasteiger partial charge on any atom is -0.345 e. The maximum absolute atomic E-state index is 12.5. The van der Waals surface area contributed by atoms with Gasteiger partial charge in [-0.3, -0.25) is 19.7 Å². The quantitative estimate of drug-likeness (QED) is 0.540. The standard InChI is InChI=1S/C19H18BrN3O4/c1-12(21-18(25)13-3-2-4-16(11-13)23(26)27)17(24)22-19(9-10-19)14-5-7-15(20)8-6-14/h2-8,11-12H,9-10H2,1H3,(H,21,25)(H,22,24).